The molecule has 1 amide bonds. The highest BCUT2D eigenvalue weighted by atomic mass is 32.1. The molecule has 0 aliphatic rings. The van der Waals surface area contributed by atoms with Gasteiger partial charge in [0.1, 0.15) is 0 Å². The molecule has 0 bridgehead atoms. The normalized spacial score (nSPS) is 10.3. The molecule has 20 heavy (non-hydrogen) atoms. The van der Waals surface area contributed by atoms with E-state index in [1.165, 1.54) is 5.56 Å². The van der Waals surface area contributed by atoms with Crippen molar-refractivity contribution in [1.29, 1.82) is 0 Å². The molecule has 1 aromatic heterocycles. The largest absolute Gasteiger partial charge is 0.385 e. The number of nitrogens with one attached hydrogen (secondary N) is 2. The van der Waals surface area contributed by atoms with Crippen molar-refractivity contribution in [3.63, 3.8) is 0 Å². The van der Waals surface area contributed by atoms with Crippen molar-refractivity contribution >= 4 is 22.9 Å². The maximum absolute atomic E-state index is 12.2. The minimum Gasteiger partial charge on any atom is -0.385 e. The van der Waals surface area contributed by atoms with Gasteiger partial charge in [-0.3, -0.25) is 4.79 Å². The molecule has 1 heterocycles. The van der Waals surface area contributed by atoms with Gasteiger partial charge in [0.2, 0.25) is 0 Å². The van der Waals surface area contributed by atoms with Crippen LogP contribution in [0.3, 0.4) is 0 Å². The Hall–Kier alpha value is -1.81. The number of benzene rings is 1. The van der Waals surface area contributed by atoms with E-state index in [0.29, 0.717) is 12.1 Å². The quantitative estimate of drug-likeness (QED) is 0.854. The SMILES string of the molecule is CCNc1cc(C)ccc1C(=O)NCCc1ccsc1. The Morgan fingerprint density at radius 1 is 1.30 bits per heavy atom. The third-order valence-corrected chi connectivity index (χ3v) is 3.80. The fourth-order valence-electron chi connectivity index (χ4n) is 2.04. The van der Waals surface area contributed by atoms with E-state index in [4.69, 9.17) is 0 Å². The summed E-state index contributed by atoms with van der Waals surface area (Å²) >= 11 is 1.68. The number of hydrogen-bond donors (Lipinski definition) is 2. The molecule has 0 radical (unpaired) electrons. The van der Waals surface area contributed by atoms with Crippen molar-refractivity contribution in [2.75, 3.05) is 18.4 Å². The van der Waals surface area contributed by atoms with Crippen LogP contribution in [0, 0.1) is 6.92 Å². The van der Waals surface area contributed by atoms with E-state index in [9.17, 15) is 4.79 Å². The van der Waals surface area contributed by atoms with E-state index >= 15 is 0 Å². The van der Waals surface area contributed by atoms with Gasteiger partial charge in [-0.2, -0.15) is 11.3 Å². The summed E-state index contributed by atoms with van der Waals surface area (Å²) in [6, 6.07) is 7.95. The molecule has 2 aromatic rings. The maximum atomic E-state index is 12.2. The van der Waals surface area contributed by atoms with E-state index in [1.807, 2.05) is 32.0 Å². The second-order valence-electron chi connectivity index (χ2n) is 4.72. The number of hydrogen-bond acceptors (Lipinski definition) is 3. The topological polar surface area (TPSA) is 41.1 Å². The fourth-order valence-corrected chi connectivity index (χ4v) is 2.75. The van der Waals surface area contributed by atoms with Crippen molar-refractivity contribution < 1.29 is 4.79 Å². The highest BCUT2D eigenvalue weighted by Gasteiger charge is 2.10. The van der Waals surface area contributed by atoms with Crippen molar-refractivity contribution in [1.82, 2.24) is 5.32 Å². The van der Waals surface area contributed by atoms with Crippen molar-refractivity contribution in [2.45, 2.75) is 20.3 Å². The van der Waals surface area contributed by atoms with Gasteiger partial charge in [0.05, 0.1) is 5.56 Å². The molecule has 4 heteroatoms. The lowest BCUT2D eigenvalue weighted by atomic mass is 10.1. The first kappa shape index (κ1) is 14.6. The molecule has 0 saturated heterocycles. The Morgan fingerprint density at radius 3 is 2.85 bits per heavy atom. The van der Waals surface area contributed by atoms with Gasteiger partial charge in [-0.15, -0.1) is 0 Å². The molecular weight excluding hydrogens is 268 g/mol. The van der Waals surface area contributed by atoms with Gasteiger partial charge in [-0.25, -0.2) is 0 Å². The lowest BCUT2D eigenvalue weighted by Crippen LogP contribution is -2.26. The lowest BCUT2D eigenvalue weighted by molar-refractivity contribution is 0.0955. The summed E-state index contributed by atoms with van der Waals surface area (Å²) in [5.74, 6) is -0.0174. The van der Waals surface area contributed by atoms with E-state index in [2.05, 4.69) is 27.5 Å². The highest BCUT2D eigenvalue weighted by Crippen LogP contribution is 2.17. The van der Waals surface area contributed by atoms with Crippen LogP contribution in [0.25, 0.3) is 0 Å². The van der Waals surface area contributed by atoms with Crippen molar-refractivity contribution in [3.05, 3.63) is 51.7 Å². The summed E-state index contributed by atoms with van der Waals surface area (Å²) in [6.45, 7) is 5.52. The van der Waals surface area contributed by atoms with E-state index in [-0.39, 0.29) is 5.91 Å². The third kappa shape index (κ3) is 3.84. The van der Waals surface area contributed by atoms with Crippen molar-refractivity contribution in [2.24, 2.45) is 0 Å². The molecule has 0 atom stereocenters. The Balaban J connectivity index is 1.97. The molecule has 3 nitrogen and oxygen atoms in total. The van der Waals surface area contributed by atoms with E-state index in [0.717, 1.165) is 24.2 Å². The average molecular weight is 288 g/mol. The molecular formula is C16H20N2OS. The predicted molar refractivity (Wildman–Crippen MR) is 85.7 cm³/mol. The van der Waals surface area contributed by atoms with Gasteiger partial charge in [0.25, 0.3) is 5.91 Å². The average Bonchev–Trinajstić information content (AvgIpc) is 2.92. The second-order valence-corrected chi connectivity index (χ2v) is 5.50. The van der Waals surface area contributed by atoms with Crippen LogP contribution in [-0.4, -0.2) is 19.0 Å². The zero-order valence-corrected chi connectivity index (χ0v) is 12.7. The second kappa shape index (κ2) is 7.10. The number of aryl methyl sites for hydroxylation is 1. The Morgan fingerprint density at radius 2 is 2.15 bits per heavy atom. The van der Waals surface area contributed by atoms with E-state index in [1.54, 1.807) is 11.3 Å². The number of anilines is 1. The van der Waals surface area contributed by atoms with Crippen LogP contribution in [0.1, 0.15) is 28.4 Å². The summed E-state index contributed by atoms with van der Waals surface area (Å²) in [6.07, 6.45) is 0.873. The van der Waals surface area contributed by atoms with Gasteiger partial charge in [0, 0.05) is 18.8 Å². The van der Waals surface area contributed by atoms with Crippen LogP contribution in [0.2, 0.25) is 0 Å². The molecule has 2 rings (SSSR count). The van der Waals surface area contributed by atoms with Gasteiger partial charge < -0.3 is 10.6 Å². The van der Waals surface area contributed by atoms with Crippen molar-refractivity contribution in [3.8, 4) is 0 Å². The lowest BCUT2D eigenvalue weighted by Gasteiger charge is -2.12. The first-order valence-corrected chi connectivity index (χ1v) is 7.78. The summed E-state index contributed by atoms with van der Waals surface area (Å²) < 4.78 is 0. The first-order valence-electron chi connectivity index (χ1n) is 6.84. The molecule has 0 unspecified atom stereocenters. The predicted octanol–water partition coefficient (Wildman–Crippen LogP) is 3.46. The van der Waals surface area contributed by atoms with Gasteiger partial charge >= 0.3 is 0 Å². The standard InChI is InChI=1S/C16H20N2OS/c1-3-17-15-10-12(2)4-5-14(15)16(19)18-8-6-13-7-9-20-11-13/h4-5,7,9-11,17H,3,6,8H2,1-2H3,(H,18,19). The zero-order valence-electron chi connectivity index (χ0n) is 11.9. The van der Waals surface area contributed by atoms with E-state index < -0.39 is 0 Å². The molecule has 0 saturated carbocycles. The Kier molecular flexibility index (Phi) is 5.18. The van der Waals surface area contributed by atoms with Gasteiger partial charge in [-0.1, -0.05) is 6.07 Å². The molecule has 0 spiro atoms. The minimum atomic E-state index is -0.0174. The monoisotopic (exact) mass is 288 g/mol. The number of carbonyl (C=O) groups excluding carboxylic acids is 1. The van der Waals surface area contributed by atoms with Gasteiger partial charge in [0.15, 0.2) is 0 Å². The molecule has 2 N–H and O–H groups in total. The highest BCUT2D eigenvalue weighted by molar-refractivity contribution is 7.07. The number of amides is 1. The van der Waals surface area contributed by atoms with Crippen LogP contribution in [0.15, 0.2) is 35.0 Å². The third-order valence-electron chi connectivity index (χ3n) is 3.07. The zero-order chi connectivity index (χ0) is 14.4. The summed E-state index contributed by atoms with van der Waals surface area (Å²) in [7, 11) is 0. The number of thiophene rings is 1. The van der Waals surface area contributed by atoms with Crippen LogP contribution < -0.4 is 10.6 Å². The summed E-state index contributed by atoms with van der Waals surface area (Å²) in [5.41, 5.74) is 4.03. The number of carbonyl (C=O) groups is 1. The minimum absolute atomic E-state index is 0.0174. The first-order chi connectivity index (χ1) is 9.70. The van der Waals surface area contributed by atoms with Gasteiger partial charge in [-0.05, 0) is 60.4 Å². The van der Waals surface area contributed by atoms with Crippen LogP contribution in [0.5, 0.6) is 0 Å². The maximum Gasteiger partial charge on any atom is 0.253 e. The fraction of sp³-hybridized carbons (Fsp3) is 0.312. The van der Waals surface area contributed by atoms with Crippen LogP contribution in [-0.2, 0) is 6.42 Å². The smallest absolute Gasteiger partial charge is 0.253 e. The Labute approximate surface area is 124 Å². The summed E-state index contributed by atoms with van der Waals surface area (Å²) in [5, 5.41) is 10.4. The Bertz CT molecular complexity index is 564. The molecule has 0 fully saturated rings. The van der Waals surface area contributed by atoms with Crippen LogP contribution in [0.4, 0.5) is 5.69 Å². The summed E-state index contributed by atoms with van der Waals surface area (Å²) in [4.78, 5) is 12.2. The van der Waals surface area contributed by atoms with Crippen LogP contribution >= 0.6 is 11.3 Å². The molecule has 0 aliphatic carbocycles. The molecule has 1 aromatic carbocycles. The molecule has 106 valence electrons. The number of rotatable bonds is 6. The molecule has 0 aliphatic heterocycles.